The van der Waals surface area contributed by atoms with Gasteiger partial charge in [-0.2, -0.15) is 0 Å². The molecule has 0 aliphatic carbocycles. The minimum Gasteiger partial charge on any atom is -0.497 e. The first-order valence-corrected chi connectivity index (χ1v) is 9.63. The van der Waals surface area contributed by atoms with Gasteiger partial charge in [0.25, 0.3) is 5.91 Å². The van der Waals surface area contributed by atoms with E-state index in [2.05, 4.69) is 21.9 Å². The number of piperazine rings is 1. The van der Waals surface area contributed by atoms with Crippen molar-refractivity contribution in [1.82, 2.24) is 4.90 Å². The van der Waals surface area contributed by atoms with Crippen molar-refractivity contribution >= 4 is 23.2 Å². The minimum absolute atomic E-state index is 0.103. The molecule has 2 aliphatic heterocycles. The van der Waals surface area contributed by atoms with Gasteiger partial charge >= 0.3 is 0 Å². The average Bonchev–Trinajstić information content (AvgIpc) is 3.02. The molecular formula is C22H25N3O3. The molecule has 4 rings (SSSR count). The van der Waals surface area contributed by atoms with Crippen LogP contribution < -0.4 is 14.5 Å². The molecule has 146 valence electrons. The molecule has 1 unspecified atom stereocenters. The maximum absolute atomic E-state index is 13.0. The summed E-state index contributed by atoms with van der Waals surface area (Å²) in [5.74, 6) is 0.625. The van der Waals surface area contributed by atoms with E-state index in [-0.39, 0.29) is 24.3 Å². The molecule has 0 bridgehead atoms. The van der Waals surface area contributed by atoms with Gasteiger partial charge in [0.05, 0.1) is 25.3 Å². The quantitative estimate of drug-likeness (QED) is 0.764. The Hall–Kier alpha value is -2.86. The third-order valence-electron chi connectivity index (χ3n) is 5.58. The standard InChI is InChI=1S/C22H25N3O3/c1-16-4-3-5-18(14-16)25-21(26)15-20(22(25)27)24-12-10-23(11-13-24)17-6-8-19(28-2)9-7-17/h3-9,14,20H,10-13,15H2,1-2H3. The summed E-state index contributed by atoms with van der Waals surface area (Å²) in [6, 6.07) is 15.2. The molecule has 0 saturated carbocycles. The van der Waals surface area contributed by atoms with Crippen LogP contribution in [0, 0.1) is 6.92 Å². The SMILES string of the molecule is COc1ccc(N2CCN(C3CC(=O)N(c4cccc(C)c4)C3=O)CC2)cc1. The number of methoxy groups -OCH3 is 1. The summed E-state index contributed by atoms with van der Waals surface area (Å²) in [7, 11) is 1.66. The number of aryl methyl sites for hydroxylation is 1. The first-order valence-electron chi connectivity index (χ1n) is 9.63. The zero-order chi connectivity index (χ0) is 19.7. The lowest BCUT2D eigenvalue weighted by Gasteiger charge is -2.38. The number of hydrogen-bond donors (Lipinski definition) is 0. The second-order valence-corrected chi connectivity index (χ2v) is 7.35. The molecule has 2 heterocycles. The van der Waals surface area contributed by atoms with Crippen molar-refractivity contribution in [2.24, 2.45) is 0 Å². The summed E-state index contributed by atoms with van der Waals surface area (Å²) >= 11 is 0. The number of carbonyl (C=O) groups is 2. The molecular weight excluding hydrogens is 354 g/mol. The molecule has 1 atom stereocenters. The van der Waals surface area contributed by atoms with Gasteiger partial charge in [-0.05, 0) is 48.9 Å². The highest BCUT2D eigenvalue weighted by molar-refractivity contribution is 6.22. The van der Waals surface area contributed by atoms with Gasteiger partial charge in [-0.3, -0.25) is 14.5 Å². The fourth-order valence-electron chi connectivity index (χ4n) is 4.02. The lowest BCUT2D eigenvalue weighted by atomic mass is 10.1. The van der Waals surface area contributed by atoms with E-state index >= 15 is 0 Å². The maximum Gasteiger partial charge on any atom is 0.251 e. The molecule has 0 spiro atoms. The third kappa shape index (κ3) is 3.47. The third-order valence-corrected chi connectivity index (χ3v) is 5.58. The van der Waals surface area contributed by atoms with Gasteiger partial charge in [0, 0.05) is 31.9 Å². The Morgan fingerprint density at radius 2 is 1.64 bits per heavy atom. The molecule has 2 aromatic rings. The molecule has 6 nitrogen and oxygen atoms in total. The van der Waals surface area contributed by atoms with E-state index in [9.17, 15) is 9.59 Å². The molecule has 0 N–H and O–H groups in total. The number of carbonyl (C=O) groups excluding carboxylic acids is 2. The molecule has 2 saturated heterocycles. The van der Waals surface area contributed by atoms with Crippen LogP contribution in [0.25, 0.3) is 0 Å². The van der Waals surface area contributed by atoms with Crippen molar-refractivity contribution in [3.05, 3.63) is 54.1 Å². The first-order chi connectivity index (χ1) is 13.6. The van der Waals surface area contributed by atoms with E-state index in [1.165, 1.54) is 4.90 Å². The first kappa shape index (κ1) is 18.5. The van der Waals surface area contributed by atoms with Crippen molar-refractivity contribution in [3.8, 4) is 5.75 Å². The molecule has 28 heavy (non-hydrogen) atoms. The summed E-state index contributed by atoms with van der Waals surface area (Å²) < 4.78 is 5.22. The Kier molecular flexibility index (Phi) is 5.05. The zero-order valence-corrected chi connectivity index (χ0v) is 16.3. The van der Waals surface area contributed by atoms with Crippen molar-refractivity contribution in [2.45, 2.75) is 19.4 Å². The van der Waals surface area contributed by atoms with Crippen molar-refractivity contribution in [2.75, 3.05) is 43.1 Å². The Labute approximate surface area is 165 Å². The summed E-state index contributed by atoms with van der Waals surface area (Å²) in [6.45, 7) is 5.14. The summed E-state index contributed by atoms with van der Waals surface area (Å²) in [5, 5.41) is 0. The fraction of sp³-hybridized carbons (Fsp3) is 0.364. The van der Waals surface area contributed by atoms with Crippen LogP contribution in [-0.2, 0) is 9.59 Å². The highest BCUT2D eigenvalue weighted by Gasteiger charge is 2.43. The molecule has 6 heteroatoms. The molecule has 2 aromatic carbocycles. The van der Waals surface area contributed by atoms with Crippen molar-refractivity contribution < 1.29 is 14.3 Å². The number of hydrogen-bond acceptors (Lipinski definition) is 5. The van der Waals surface area contributed by atoms with E-state index in [1.54, 1.807) is 7.11 Å². The van der Waals surface area contributed by atoms with Crippen LogP contribution in [0.2, 0.25) is 0 Å². The van der Waals surface area contributed by atoms with Crippen molar-refractivity contribution in [1.29, 1.82) is 0 Å². The fourth-order valence-corrected chi connectivity index (χ4v) is 4.02. The van der Waals surface area contributed by atoms with Crippen LogP contribution in [0.15, 0.2) is 48.5 Å². The van der Waals surface area contributed by atoms with Crippen LogP contribution in [0.1, 0.15) is 12.0 Å². The molecule has 0 radical (unpaired) electrons. The highest BCUT2D eigenvalue weighted by atomic mass is 16.5. The second-order valence-electron chi connectivity index (χ2n) is 7.35. The van der Waals surface area contributed by atoms with E-state index < -0.39 is 0 Å². The highest BCUT2D eigenvalue weighted by Crippen LogP contribution is 2.28. The van der Waals surface area contributed by atoms with Gasteiger partial charge in [-0.1, -0.05) is 12.1 Å². The number of anilines is 2. The topological polar surface area (TPSA) is 53.1 Å². The smallest absolute Gasteiger partial charge is 0.251 e. The van der Waals surface area contributed by atoms with E-state index in [4.69, 9.17) is 4.74 Å². The molecule has 2 fully saturated rings. The van der Waals surface area contributed by atoms with Crippen LogP contribution in [0.3, 0.4) is 0 Å². The predicted molar refractivity (Wildman–Crippen MR) is 109 cm³/mol. The molecule has 0 aromatic heterocycles. The minimum atomic E-state index is -0.356. The monoisotopic (exact) mass is 379 g/mol. The Morgan fingerprint density at radius 3 is 2.29 bits per heavy atom. The Bertz CT molecular complexity index is 873. The number of amides is 2. The van der Waals surface area contributed by atoms with Gasteiger partial charge in [-0.25, -0.2) is 4.90 Å². The average molecular weight is 379 g/mol. The van der Waals surface area contributed by atoms with Gasteiger partial charge in [-0.15, -0.1) is 0 Å². The van der Waals surface area contributed by atoms with Crippen LogP contribution >= 0.6 is 0 Å². The second kappa shape index (κ2) is 7.64. The lowest BCUT2D eigenvalue weighted by Crippen LogP contribution is -2.52. The largest absolute Gasteiger partial charge is 0.497 e. The van der Waals surface area contributed by atoms with E-state index in [0.717, 1.165) is 43.2 Å². The number of imide groups is 1. The predicted octanol–water partition coefficient (Wildman–Crippen LogP) is 2.46. The summed E-state index contributed by atoms with van der Waals surface area (Å²) in [4.78, 5) is 31.3. The number of rotatable bonds is 4. The van der Waals surface area contributed by atoms with Crippen LogP contribution in [-0.4, -0.2) is 56.0 Å². The normalized spacial score (nSPS) is 20.7. The number of benzene rings is 2. The zero-order valence-electron chi connectivity index (χ0n) is 16.3. The van der Waals surface area contributed by atoms with Gasteiger partial charge < -0.3 is 9.64 Å². The summed E-state index contributed by atoms with van der Waals surface area (Å²) in [5.41, 5.74) is 2.86. The maximum atomic E-state index is 13.0. The molecule has 2 aliphatic rings. The van der Waals surface area contributed by atoms with E-state index in [0.29, 0.717) is 5.69 Å². The van der Waals surface area contributed by atoms with E-state index in [1.807, 2.05) is 43.3 Å². The number of ether oxygens (including phenoxy) is 1. The van der Waals surface area contributed by atoms with Crippen LogP contribution in [0.5, 0.6) is 5.75 Å². The Morgan fingerprint density at radius 1 is 0.929 bits per heavy atom. The summed E-state index contributed by atoms with van der Waals surface area (Å²) in [6.07, 6.45) is 0.259. The van der Waals surface area contributed by atoms with Gasteiger partial charge in [0.1, 0.15) is 5.75 Å². The van der Waals surface area contributed by atoms with Gasteiger partial charge in [0.2, 0.25) is 5.91 Å². The molecule has 2 amide bonds. The Balaban J connectivity index is 1.42. The van der Waals surface area contributed by atoms with Crippen LogP contribution in [0.4, 0.5) is 11.4 Å². The number of nitrogens with zero attached hydrogens (tertiary/aromatic N) is 3. The van der Waals surface area contributed by atoms with Gasteiger partial charge in [0.15, 0.2) is 0 Å². The lowest BCUT2D eigenvalue weighted by molar-refractivity contribution is -0.123. The van der Waals surface area contributed by atoms with Crippen molar-refractivity contribution in [3.63, 3.8) is 0 Å².